The molecule has 0 fully saturated rings. The fourth-order valence-corrected chi connectivity index (χ4v) is 2.05. The van der Waals surface area contributed by atoms with Gasteiger partial charge in [0.25, 0.3) is 0 Å². The van der Waals surface area contributed by atoms with E-state index in [2.05, 4.69) is 28.5 Å². The molecule has 3 nitrogen and oxygen atoms in total. The molecule has 0 aliphatic rings. The monoisotopic (exact) mass is 225 g/mol. The molecular formula is C11H19N3S. The van der Waals surface area contributed by atoms with Crippen molar-refractivity contribution in [3.63, 3.8) is 0 Å². The first-order valence-corrected chi connectivity index (χ1v) is 6.62. The molecule has 4 heteroatoms. The highest BCUT2D eigenvalue weighted by molar-refractivity contribution is 7.98. The van der Waals surface area contributed by atoms with Gasteiger partial charge in [-0.3, -0.25) is 4.98 Å². The molecule has 0 saturated carbocycles. The van der Waals surface area contributed by atoms with Gasteiger partial charge >= 0.3 is 0 Å². The van der Waals surface area contributed by atoms with Gasteiger partial charge in [-0.15, -0.1) is 0 Å². The molecule has 1 unspecified atom stereocenters. The molecule has 0 aromatic carbocycles. The zero-order valence-corrected chi connectivity index (χ0v) is 10.7. The molecule has 0 aliphatic heterocycles. The third-order valence-electron chi connectivity index (χ3n) is 2.28. The summed E-state index contributed by atoms with van der Waals surface area (Å²) >= 11 is 1.85. The average Bonchev–Trinajstić information content (AvgIpc) is 2.22. The molecule has 0 radical (unpaired) electrons. The van der Waals surface area contributed by atoms with Crippen molar-refractivity contribution in [2.24, 2.45) is 0 Å². The van der Waals surface area contributed by atoms with Crippen LogP contribution in [0.4, 0.5) is 5.82 Å². The minimum Gasteiger partial charge on any atom is -0.365 e. The summed E-state index contributed by atoms with van der Waals surface area (Å²) in [5, 5.41) is 3.44. The van der Waals surface area contributed by atoms with Gasteiger partial charge in [0.05, 0.1) is 11.4 Å². The molecule has 1 N–H and O–H groups in total. The SMILES string of the molecule is CCC(CSC)Nc1nc(C)cnc1C. The third-order valence-corrected chi connectivity index (χ3v) is 3.01. The summed E-state index contributed by atoms with van der Waals surface area (Å²) in [6.45, 7) is 6.14. The number of rotatable bonds is 5. The normalized spacial score (nSPS) is 12.5. The summed E-state index contributed by atoms with van der Waals surface area (Å²) in [7, 11) is 0. The molecule has 1 rings (SSSR count). The van der Waals surface area contributed by atoms with E-state index >= 15 is 0 Å². The molecule has 0 spiro atoms. The maximum absolute atomic E-state index is 4.46. The topological polar surface area (TPSA) is 37.8 Å². The Morgan fingerprint density at radius 1 is 1.47 bits per heavy atom. The van der Waals surface area contributed by atoms with E-state index < -0.39 is 0 Å². The second-order valence-electron chi connectivity index (χ2n) is 3.65. The van der Waals surface area contributed by atoms with E-state index in [1.807, 2.05) is 25.6 Å². The van der Waals surface area contributed by atoms with Crippen LogP contribution in [0.5, 0.6) is 0 Å². The van der Waals surface area contributed by atoms with Crippen LogP contribution in [-0.2, 0) is 0 Å². The molecule has 0 aliphatic carbocycles. The lowest BCUT2D eigenvalue weighted by Crippen LogP contribution is -2.22. The van der Waals surface area contributed by atoms with Crippen LogP contribution in [0.3, 0.4) is 0 Å². The second kappa shape index (κ2) is 5.95. The first-order valence-electron chi connectivity index (χ1n) is 5.23. The Labute approximate surface area is 96.1 Å². The fourth-order valence-electron chi connectivity index (χ4n) is 1.33. The molecule has 1 atom stereocenters. The maximum Gasteiger partial charge on any atom is 0.147 e. The van der Waals surface area contributed by atoms with Gasteiger partial charge in [0.2, 0.25) is 0 Å². The van der Waals surface area contributed by atoms with E-state index in [9.17, 15) is 0 Å². The highest BCUT2D eigenvalue weighted by Gasteiger charge is 2.08. The lowest BCUT2D eigenvalue weighted by Gasteiger charge is -2.17. The van der Waals surface area contributed by atoms with E-state index in [1.54, 1.807) is 6.20 Å². The van der Waals surface area contributed by atoms with Crippen LogP contribution < -0.4 is 5.32 Å². The van der Waals surface area contributed by atoms with Gasteiger partial charge in [0, 0.05) is 18.0 Å². The highest BCUT2D eigenvalue weighted by atomic mass is 32.2. The molecule has 0 amide bonds. The van der Waals surface area contributed by atoms with Crippen molar-refractivity contribution in [3.8, 4) is 0 Å². The standard InChI is InChI=1S/C11H19N3S/c1-5-10(7-15-4)14-11-9(3)12-6-8(2)13-11/h6,10H,5,7H2,1-4H3,(H,13,14). The van der Waals surface area contributed by atoms with Crippen molar-refractivity contribution in [2.75, 3.05) is 17.3 Å². The quantitative estimate of drug-likeness (QED) is 0.836. The van der Waals surface area contributed by atoms with Crippen LogP contribution in [-0.4, -0.2) is 28.0 Å². The lowest BCUT2D eigenvalue weighted by molar-refractivity contribution is 0.765. The first kappa shape index (κ1) is 12.3. The Kier molecular flexibility index (Phi) is 4.88. The Morgan fingerprint density at radius 2 is 2.20 bits per heavy atom. The summed E-state index contributed by atoms with van der Waals surface area (Å²) < 4.78 is 0. The van der Waals surface area contributed by atoms with Crippen LogP contribution >= 0.6 is 11.8 Å². The Bertz CT molecular complexity index is 315. The van der Waals surface area contributed by atoms with Gasteiger partial charge in [-0.1, -0.05) is 6.92 Å². The number of anilines is 1. The third kappa shape index (κ3) is 3.70. The van der Waals surface area contributed by atoms with Gasteiger partial charge in [0.15, 0.2) is 0 Å². The number of thioether (sulfide) groups is 1. The zero-order valence-electron chi connectivity index (χ0n) is 9.87. The Balaban J connectivity index is 2.73. The molecule has 1 aromatic rings. The number of hydrogen-bond donors (Lipinski definition) is 1. The number of aryl methyl sites for hydroxylation is 2. The predicted octanol–water partition coefficient (Wildman–Crippen LogP) is 2.65. The summed E-state index contributed by atoms with van der Waals surface area (Å²) in [6, 6.07) is 0.481. The molecular weight excluding hydrogens is 206 g/mol. The van der Waals surface area contributed by atoms with Crippen LogP contribution in [0, 0.1) is 13.8 Å². The van der Waals surface area contributed by atoms with Crippen molar-refractivity contribution in [1.82, 2.24) is 9.97 Å². The van der Waals surface area contributed by atoms with E-state index in [1.165, 1.54) is 0 Å². The van der Waals surface area contributed by atoms with E-state index in [-0.39, 0.29) is 0 Å². The van der Waals surface area contributed by atoms with Gasteiger partial charge in [-0.05, 0) is 26.5 Å². The summed E-state index contributed by atoms with van der Waals surface area (Å²) in [5.74, 6) is 2.03. The van der Waals surface area contributed by atoms with Gasteiger partial charge in [0.1, 0.15) is 5.82 Å². The zero-order chi connectivity index (χ0) is 11.3. The number of nitrogens with one attached hydrogen (secondary N) is 1. The number of hydrogen-bond acceptors (Lipinski definition) is 4. The van der Waals surface area contributed by atoms with Crippen molar-refractivity contribution in [2.45, 2.75) is 33.2 Å². The number of nitrogens with zero attached hydrogens (tertiary/aromatic N) is 2. The van der Waals surface area contributed by atoms with Crippen molar-refractivity contribution < 1.29 is 0 Å². The minimum absolute atomic E-state index is 0.481. The highest BCUT2D eigenvalue weighted by Crippen LogP contribution is 2.13. The van der Waals surface area contributed by atoms with E-state index in [0.29, 0.717) is 6.04 Å². The molecule has 15 heavy (non-hydrogen) atoms. The van der Waals surface area contributed by atoms with Crippen molar-refractivity contribution in [1.29, 1.82) is 0 Å². The van der Waals surface area contributed by atoms with Crippen molar-refractivity contribution in [3.05, 3.63) is 17.6 Å². The van der Waals surface area contributed by atoms with Gasteiger partial charge < -0.3 is 5.32 Å². The average molecular weight is 225 g/mol. The number of aromatic nitrogens is 2. The fraction of sp³-hybridized carbons (Fsp3) is 0.636. The van der Waals surface area contributed by atoms with Gasteiger partial charge in [-0.25, -0.2) is 4.98 Å². The second-order valence-corrected chi connectivity index (χ2v) is 4.56. The van der Waals surface area contributed by atoms with Gasteiger partial charge in [-0.2, -0.15) is 11.8 Å². The van der Waals surface area contributed by atoms with Crippen molar-refractivity contribution >= 4 is 17.6 Å². The first-order chi connectivity index (χ1) is 7.17. The summed E-state index contributed by atoms with van der Waals surface area (Å²) in [5.41, 5.74) is 1.93. The Morgan fingerprint density at radius 3 is 2.80 bits per heavy atom. The van der Waals surface area contributed by atoms with Crippen LogP contribution in [0.25, 0.3) is 0 Å². The largest absolute Gasteiger partial charge is 0.365 e. The minimum atomic E-state index is 0.481. The van der Waals surface area contributed by atoms with E-state index in [4.69, 9.17) is 0 Å². The molecule has 0 bridgehead atoms. The smallest absolute Gasteiger partial charge is 0.147 e. The summed E-state index contributed by atoms with van der Waals surface area (Å²) in [4.78, 5) is 8.75. The maximum atomic E-state index is 4.46. The molecule has 1 aromatic heterocycles. The molecule has 1 heterocycles. The van der Waals surface area contributed by atoms with Crippen LogP contribution in [0.2, 0.25) is 0 Å². The van der Waals surface area contributed by atoms with Crippen LogP contribution in [0.15, 0.2) is 6.20 Å². The van der Waals surface area contributed by atoms with E-state index in [0.717, 1.165) is 29.4 Å². The molecule has 0 saturated heterocycles. The lowest BCUT2D eigenvalue weighted by atomic mass is 10.2. The predicted molar refractivity (Wildman–Crippen MR) is 67.6 cm³/mol. The summed E-state index contributed by atoms with van der Waals surface area (Å²) in [6.07, 6.45) is 5.03. The Hall–Kier alpha value is -0.770. The van der Waals surface area contributed by atoms with Crippen LogP contribution in [0.1, 0.15) is 24.7 Å². The molecule has 84 valence electrons.